The van der Waals surface area contributed by atoms with E-state index in [2.05, 4.69) is 15.9 Å². The van der Waals surface area contributed by atoms with Crippen LogP contribution in [-0.2, 0) is 9.84 Å². The Morgan fingerprint density at radius 1 is 1.45 bits per heavy atom. The molecule has 1 unspecified atom stereocenters. The van der Waals surface area contributed by atoms with E-state index in [9.17, 15) is 13.2 Å². The highest BCUT2D eigenvalue weighted by Gasteiger charge is 2.34. The van der Waals surface area contributed by atoms with Crippen molar-refractivity contribution in [2.24, 2.45) is 0 Å². The Hall–Kier alpha value is -0.880. The van der Waals surface area contributed by atoms with Gasteiger partial charge in [0.05, 0.1) is 11.5 Å². The van der Waals surface area contributed by atoms with Crippen LogP contribution < -0.4 is 0 Å². The summed E-state index contributed by atoms with van der Waals surface area (Å²) in [7, 11) is -2.98. The summed E-state index contributed by atoms with van der Waals surface area (Å²) in [6, 6.07) is 5.26. The molecule has 1 amide bonds. The molecule has 1 heterocycles. The van der Waals surface area contributed by atoms with Crippen LogP contribution in [0.4, 0.5) is 0 Å². The fourth-order valence-corrected chi connectivity index (χ4v) is 4.51. The molecule has 0 spiro atoms. The summed E-state index contributed by atoms with van der Waals surface area (Å²) in [6.07, 6.45) is 0.539. The lowest BCUT2D eigenvalue weighted by molar-refractivity contribution is 0.0708. The number of benzene rings is 1. The molecule has 1 aromatic rings. The highest BCUT2D eigenvalue weighted by molar-refractivity contribution is 9.10. The monoisotopic (exact) mass is 359 g/mol. The Balaban J connectivity index is 2.23. The van der Waals surface area contributed by atoms with Gasteiger partial charge in [0.2, 0.25) is 0 Å². The molecule has 0 radical (unpaired) electrons. The van der Waals surface area contributed by atoms with Gasteiger partial charge >= 0.3 is 0 Å². The fourth-order valence-electron chi connectivity index (χ4n) is 2.53. The molecule has 1 aliphatic rings. The molecule has 6 heteroatoms. The molecular formula is C14H18BrNO3S. The third-order valence-corrected chi connectivity index (χ3v) is 6.30. The van der Waals surface area contributed by atoms with E-state index in [0.717, 1.165) is 10.0 Å². The number of halogens is 1. The Kier molecular flexibility index (Phi) is 4.54. The number of nitrogens with zero attached hydrogens (tertiary/aromatic N) is 1. The number of carbonyl (C=O) groups is 1. The zero-order chi connectivity index (χ0) is 14.9. The fraction of sp³-hybridized carbons (Fsp3) is 0.500. The summed E-state index contributed by atoms with van der Waals surface area (Å²) >= 11 is 3.41. The second kappa shape index (κ2) is 5.85. The first-order chi connectivity index (χ1) is 9.34. The van der Waals surface area contributed by atoms with Crippen molar-refractivity contribution in [3.8, 4) is 0 Å². The lowest BCUT2D eigenvalue weighted by Crippen LogP contribution is -2.41. The molecule has 20 heavy (non-hydrogen) atoms. The normalized spacial score (nSPS) is 20.9. The molecule has 0 bridgehead atoms. The van der Waals surface area contributed by atoms with Crippen LogP contribution in [0.1, 0.15) is 29.3 Å². The average Bonchev–Trinajstić information content (AvgIpc) is 2.74. The van der Waals surface area contributed by atoms with Gasteiger partial charge in [0.1, 0.15) is 0 Å². The van der Waals surface area contributed by atoms with Crippen LogP contribution >= 0.6 is 15.9 Å². The molecule has 1 saturated heterocycles. The van der Waals surface area contributed by atoms with Crippen LogP contribution in [0.2, 0.25) is 0 Å². The van der Waals surface area contributed by atoms with E-state index in [1.165, 1.54) is 0 Å². The summed E-state index contributed by atoms with van der Waals surface area (Å²) in [4.78, 5) is 14.2. The maximum absolute atomic E-state index is 12.6. The summed E-state index contributed by atoms with van der Waals surface area (Å²) < 4.78 is 24.1. The smallest absolute Gasteiger partial charge is 0.254 e. The summed E-state index contributed by atoms with van der Waals surface area (Å²) in [5.74, 6) is 0.174. The van der Waals surface area contributed by atoms with Crippen LogP contribution in [0.15, 0.2) is 22.7 Å². The molecule has 0 saturated carbocycles. The minimum Gasteiger partial charge on any atom is -0.335 e. The van der Waals surface area contributed by atoms with Crippen molar-refractivity contribution in [2.45, 2.75) is 26.3 Å². The van der Waals surface area contributed by atoms with Gasteiger partial charge in [-0.3, -0.25) is 4.79 Å². The summed E-state index contributed by atoms with van der Waals surface area (Å²) in [5.41, 5.74) is 1.60. The lowest BCUT2D eigenvalue weighted by Gasteiger charge is -2.27. The van der Waals surface area contributed by atoms with E-state index < -0.39 is 9.84 Å². The Morgan fingerprint density at radius 2 is 2.15 bits per heavy atom. The van der Waals surface area contributed by atoms with Gasteiger partial charge in [0.25, 0.3) is 5.91 Å². The minimum absolute atomic E-state index is 0.0854. The number of hydrogen-bond donors (Lipinski definition) is 0. The third kappa shape index (κ3) is 3.23. The first kappa shape index (κ1) is 15.5. The standard InChI is InChI=1S/C14H18BrNO3S/c1-3-16(12-6-7-20(18,19)9-12)14(17)11-4-5-13(15)10(2)8-11/h4-5,8,12H,3,6-7,9H2,1-2H3. The SMILES string of the molecule is CCN(C(=O)c1ccc(Br)c(C)c1)C1CCS(=O)(=O)C1. The first-order valence-electron chi connectivity index (χ1n) is 6.61. The number of rotatable bonds is 3. The first-order valence-corrected chi connectivity index (χ1v) is 9.23. The van der Waals surface area contributed by atoms with Crippen molar-refractivity contribution in [1.29, 1.82) is 0 Å². The molecule has 2 rings (SSSR count). The van der Waals surface area contributed by atoms with E-state index in [1.807, 2.05) is 26.0 Å². The Morgan fingerprint density at radius 3 is 2.65 bits per heavy atom. The lowest BCUT2D eigenvalue weighted by atomic mass is 10.1. The number of sulfone groups is 1. The largest absolute Gasteiger partial charge is 0.335 e. The van der Waals surface area contributed by atoms with Gasteiger partial charge in [-0.05, 0) is 44.0 Å². The second-order valence-corrected chi connectivity index (χ2v) is 8.20. The number of amides is 1. The van der Waals surface area contributed by atoms with E-state index in [0.29, 0.717) is 18.5 Å². The molecule has 0 aliphatic carbocycles. The third-order valence-electron chi connectivity index (χ3n) is 3.66. The zero-order valence-corrected chi connectivity index (χ0v) is 14.0. The topological polar surface area (TPSA) is 54.5 Å². The molecule has 0 N–H and O–H groups in total. The number of aryl methyl sites for hydroxylation is 1. The quantitative estimate of drug-likeness (QED) is 0.832. The Bertz CT molecular complexity index is 627. The highest BCUT2D eigenvalue weighted by atomic mass is 79.9. The van der Waals surface area contributed by atoms with Crippen molar-refractivity contribution in [3.63, 3.8) is 0 Å². The Labute approximate surface area is 128 Å². The summed E-state index contributed by atoms with van der Waals surface area (Å²) in [6.45, 7) is 4.33. The van der Waals surface area contributed by atoms with E-state index in [-0.39, 0.29) is 23.5 Å². The van der Waals surface area contributed by atoms with Gasteiger partial charge in [-0.25, -0.2) is 8.42 Å². The van der Waals surface area contributed by atoms with Gasteiger partial charge in [0, 0.05) is 22.6 Å². The van der Waals surface area contributed by atoms with Gasteiger partial charge in [-0.2, -0.15) is 0 Å². The molecule has 0 aromatic heterocycles. The molecule has 1 aliphatic heterocycles. The highest BCUT2D eigenvalue weighted by Crippen LogP contribution is 2.22. The molecular weight excluding hydrogens is 342 g/mol. The van der Waals surface area contributed by atoms with Crippen molar-refractivity contribution >= 4 is 31.7 Å². The minimum atomic E-state index is -2.98. The number of carbonyl (C=O) groups excluding carboxylic acids is 1. The van der Waals surface area contributed by atoms with Crippen molar-refractivity contribution < 1.29 is 13.2 Å². The number of hydrogen-bond acceptors (Lipinski definition) is 3. The van der Waals surface area contributed by atoms with Gasteiger partial charge in [-0.15, -0.1) is 0 Å². The van der Waals surface area contributed by atoms with E-state index in [4.69, 9.17) is 0 Å². The maximum atomic E-state index is 12.6. The van der Waals surface area contributed by atoms with Crippen LogP contribution in [0.3, 0.4) is 0 Å². The average molecular weight is 360 g/mol. The molecule has 110 valence electrons. The molecule has 1 aromatic carbocycles. The van der Waals surface area contributed by atoms with Crippen molar-refractivity contribution in [3.05, 3.63) is 33.8 Å². The van der Waals surface area contributed by atoms with Crippen LogP contribution in [-0.4, -0.2) is 43.3 Å². The van der Waals surface area contributed by atoms with E-state index in [1.54, 1.807) is 11.0 Å². The van der Waals surface area contributed by atoms with Gasteiger partial charge in [0.15, 0.2) is 9.84 Å². The maximum Gasteiger partial charge on any atom is 0.254 e. The second-order valence-electron chi connectivity index (χ2n) is 5.11. The predicted octanol–water partition coefficient (Wildman–Crippen LogP) is 2.41. The molecule has 1 fully saturated rings. The predicted molar refractivity (Wildman–Crippen MR) is 82.6 cm³/mol. The van der Waals surface area contributed by atoms with Crippen LogP contribution in [0.25, 0.3) is 0 Å². The van der Waals surface area contributed by atoms with Crippen molar-refractivity contribution in [2.75, 3.05) is 18.1 Å². The summed E-state index contributed by atoms with van der Waals surface area (Å²) in [5, 5.41) is 0. The van der Waals surface area contributed by atoms with Crippen LogP contribution in [0, 0.1) is 6.92 Å². The van der Waals surface area contributed by atoms with Crippen LogP contribution in [0.5, 0.6) is 0 Å². The molecule has 4 nitrogen and oxygen atoms in total. The molecule has 1 atom stereocenters. The van der Waals surface area contributed by atoms with E-state index >= 15 is 0 Å². The van der Waals surface area contributed by atoms with Gasteiger partial charge in [-0.1, -0.05) is 15.9 Å². The van der Waals surface area contributed by atoms with Gasteiger partial charge < -0.3 is 4.90 Å². The van der Waals surface area contributed by atoms with Crippen molar-refractivity contribution in [1.82, 2.24) is 4.90 Å². The zero-order valence-electron chi connectivity index (χ0n) is 11.6.